The van der Waals surface area contributed by atoms with Gasteiger partial charge in [-0.1, -0.05) is 19.0 Å². The van der Waals surface area contributed by atoms with E-state index >= 15 is 0 Å². The SMILES string of the molecule is CC(C)c1cc(C(=O)NCCc2noc([C@@H]3CCCO3)n2)nc(N)n1. The summed E-state index contributed by atoms with van der Waals surface area (Å²) in [4.78, 5) is 24.7. The van der Waals surface area contributed by atoms with Crippen molar-refractivity contribution in [3.05, 3.63) is 29.2 Å². The lowest BCUT2D eigenvalue weighted by Crippen LogP contribution is -2.27. The van der Waals surface area contributed by atoms with Crippen molar-refractivity contribution in [2.75, 3.05) is 18.9 Å². The van der Waals surface area contributed by atoms with Crippen LogP contribution in [0, 0.1) is 0 Å². The average Bonchev–Trinajstić information content (AvgIpc) is 3.25. The molecule has 3 rings (SSSR count). The Morgan fingerprint density at radius 1 is 1.40 bits per heavy atom. The molecule has 0 spiro atoms. The van der Waals surface area contributed by atoms with Gasteiger partial charge < -0.3 is 20.3 Å². The summed E-state index contributed by atoms with van der Waals surface area (Å²) in [5.41, 5.74) is 6.66. The highest BCUT2D eigenvalue weighted by atomic mass is 16.5. The molecule has 0 bridgehead atoms. The summed E-state index contributed by atoms with van der Waals surface area (Å²) >= 11 is 0. The number of ether oxygens (including phenoxy) is 1. The summed E-state index contributed by atoms with van der Waals surface area (Å²) < 4.78 is 10.7. The van der Waals surface area contributed by atoms with Crippen molar-refractivity contribution < 1.29 is 14.1 Å². The quantitative estimate of drug-likeness (QED) is 0.802. The summed E-state index contributed by atoms with van der Waals surface area (Å²) in [6.07, 6.45) is 2.25. The van der Waals surface area contributed by atoms with Crippen LogP contribution < -0.4 is 11.1 Å². The molecule has 3 heterocycles. The normalized spacial score (nSPS) is 17.2. The maximum Gasteiger partial charge on any atom is 0.270 e. The van der Waals surface area contributed by atoms with E-state index in [1.165, 1.54) is 0 Å². The standard InChI is InChI=1S/C16H22N6O3/c1-9(2)10-8-11(20-16(17)19-10)14(23)18-6-5-13-21-15(25-22-13)12-4-3-7-24-12/h8-9,12H,3-7H2,1-2H3,(H,18,23)(H2,17,19,20)/t12-/m0/s1. The van der Waals surface area contributed by atoms with Crippen molar-refractivity contribution in [3.63, 3.8) is 0 Å². The lowest BCUT2D eigenvalue weighted by Gasteiger charge is -2.08. The van der Waals surface area contributed by atoms with Crippen LogP contribution in [-0.4, -0.2) is 39.2 Å². The number of carbonyl (C=O) groups is 1. The molecular formula is C16H22N6O3. The first-order chi connectivity index (χ1) is 12.0. The molecule has 1 fully saturated rings. The second-order valence-electron chi connectivity index (χ2n) is 6.25. The predicted molar refractivity (Wildman–Crippen MR) is 88.8 cm³/mol. The molecule has 3 N–H and O–H groups in total. The molecule has 0 radical (unpaired) electrons. The zero-order valence-corrected chi connectivity index (χ0v) is 14.4. The Morgan fingerprint density at radius 3 is 2.96 bits per heavy atom. The van der Waals surface area contributed by atoms with Gasteiger partial charge >= 0.3 is 0 Å². The minimum Gasteiger partial charge on any atom is -0.368 e. The zero-order chi connectivity index (χ0) is 17.8. The molecule has 134 valence electrons. The highest BCUT2D eigenvalue weighted by Crippen LogP contribution is 2.26. The van der Waals surface area contributed by atoms with Gasteiger partial charge in [0, 0.05) is 25.3 Å². The molecule has 1 atom stereocenters. The van der Waals surface area contributed by atoms with Gasteiger partial charge in [-0.3, -0.25) is 4.79 Å². The second-order valence-corrected chi connectivity index (χ2v) is 6.25. The molecule has 0 saturated carbocycles. The monoisotopic (exact) mass is 346 g/mol. The smallest absolute Gasteiger partial charge is 0.270 e. The van der Waals surface area contributed by atoms with E-state index < -0.39 is 0 Å². The van der Waals surface area contributed by atoms with Crippen LogP contribution in [0.5, 0.6) is 0 Å². The number of hydrogen-bond acceptors (Lipinski definition) is 8. The number of rotatable bonds is 6. The number of nitrogens with one attached hydrogen (secondary N) is 1. The summed E-state index contributed by atoms with van der Waals surface area (Å²) in [7, 11) is 0. The predicted octanol–water partition coefficient (Wildman–Crippen LogP) is 1.39. The minimum atomic E-state index is -0.307. The maximum atomic E-state index is 12.2. The van der Waals surface area contributed by atoms with Gasteiger partial charge in [0.2, 0.25) is 5.95 Å². The molecule has 2 aromatic heterocycles. The summed E-state index contributed by atoms with van der Waals surface area (Å²) in [6.45, 7) is 5.04. The molecular weight excluding hydrogens is 324 g/mol. The molecule has 0 aromatic carbocycles. The first-order valence-electron chi connectivity index (χ1n) is 8.39. The number of anilines is 1. The van der Waals surface area contributed by atoms with Crippen LogP contribution in [0.2, 0.25) is 0 Å². The third kappa shape index (κ3) is 4.30. The van der Waals surface area contributed by atoms with Crippen molar-refractivity contribution in [2.45, 2.75) is 45.1 Å². The molecule has 0 unspecified atom stereocenters. The van der Waals surface area contributed by atoms with Crippen molar-refractivity contribution in [2.24, 2.45) is 0 Å². The first kappa shape index (κ1) is 17.3. The Labute approximate surface area is 145 Å². The number of nitrogens with zero attached hydrogens (tertiary/aromatic N) is 4. The van der Waals surface area contributed by atoms with Gasteiger partial charge in [0.1, 0.15) is 11.8 Å². The van der Waals surface area contributed by atoms with E-state index in [-0.39, 0.29) is 29.6 Å². The van der Waals surface area contributed by atoms with Crippen molar-refractivity contribution in [1.82, 2.24) is 25.4 Å². The number of amides is 1. The lowest BCUT2D eigenvalue weighted by atomic mass is 10.1. The summed E-state index contributed by atoms with van der Waals surface area (Å²) in [6, 6.07) is 1.65. The topological polar surface area (TPSA) is 129 Å². The van der Waals surface area contributed by atoms with E-state index in [0.29, 0.717) is 24.7 Å². The van der Waals surface area contributed by atoms with Gasteiger partial charge in [-0.25, -0.2) is 9.97 Å². The van der Waals surface area contributed by atoms with E-state index in [0.717, 1.165) is 25.1 Å². The number of carbonyl (C=O) groups excluding carboxylic acids is 1. The third-order valence-corrected chi connectivity index (χ3v) is 3.91. The number of nitrogen functional groups attached to an aromatic ring is 1. The van der Waals surface area contributed by atoms with Gasteiger partial charge in [-0.2, -0.15) is 4.98 Å². The number of aromatic nitrogens is 4. The van der Waals surface area contributed by atoms with Gasteiger partial charge in [-0.15, -0.1) is 0 Å². The van der Waals surface area contributed by atoms with Crippen molar-refractivity contribution in [1.29, 1.82) is 0 Å². The highest BCUT2D eigenvalue weighted by molar-refractivity contribution is 5.92. The molecule has 1 amide bonds. The fourth-order valence-electron chi connectivity index (χ4n) is 2.55. The Morgan fingerprint density at radius 2 is 2.24 bits per heavy atom. The third-order valence-electron chi connectivity index (χ3n) is 3.91. The molecule has 1 aliphatic heterocycles. The van der Waals surface area contributed by atoms with Crippen LogP contribution in [-0.2, 0) is 11.2 Å². The molecule has 25 heavy (non-hydrogen) atoms. The van der Waals surface area contributed by atoms with Crippen molar-refractivity contribution in [3.8, 4) is 0 Å². The average molecular weight is 346 g/mol. The molecule has 1 aliphatic rings. The van der Waals surface area contributed by atoms with Crippen LogP contribution >= 0.6 is 0 Å². The second kappa shape index (κ2) is 7.56. The highest BCUT2D eigenvalue weighted by Gasteiger charge is 2.23. The minimum absolute atomic E-state index is 0.0933. The molecule has 2 aromatic rings. The fourth-order valence-corrected chi connectivity index (χ4v) is 2.55. The molecule has 1 saturated heterocycles. The Hall–Kier alpha value is -2.55. The van der Waals surface area contributed by atoms with Gasteiger partial charge in [-0.05, 0) is 24.8 Å². The van der Waals surface area contributed by atoms with Crippen LogP contribution in [0.15, 0.2) is 10.6 Å². The van der Waals surface area contributed by atoms with Crippen LogP contribution in [0.1, 0.15) is 66.6 Å². The van der Waals surface area contributed by atoms with Crippen molar-refractivity contribution >= 4 is 11.9 Å². The fraction of sp³-hybridized carbons (Fsp3) is 0.562. The first-order valence-corrected chi connectivity index (χ1v) is 8.39. The number of nitrogens with two attached hydrogens (primary N) is 1. The lowest BCUT2D eigenvalue weighted by molar-refractivity contribution is 0.0835. The van der Waals surface area contributed by atoms with Crippen LogP contribution in [0.25, 0.3) is 0 Å². The van der Waals surface area contributed by atoms with Gasteiger partial charge in [0.25, 0.3) is 11.8 Å². The molecule has 0 aliphatic carbocycles. The Balaban J connectivity index is 1.54. The van der Waals surface area contributed by atoms with E-state index in [9.17, 15) is 4.79 Å². The van der Waals surface area contributed by atoms with Crippen LogP contribution in [0.3, 0.4) is 0 Å². The van der Waals surface area contributed by atoms with Gasteiger partial charge in [0.15, 0.2) is 5.82 Å². The zero-order valence-electron chi connectivity index (χ0n) is 14.4. The molecule has 9 nitrogen and oxygen atoms in total. The van der Waals surface area contributed by atoms with Gasteiger partial charge in [0.05, 0.1) is 0 Å². The largest absolute Gasteiger partial charge is 0.368 e. The Bertz CT molecular complexity index is 739. The molecule has 9 heteroatoms. The summed E-state index contributed by atoms with van der Waals surface area (Å²) in [5.74, 6) is 0.988. The van der Waals surface area contributed by atoms with E-state index in [1.54, 1.807) is 6.07 Å². The van der Waals surface area contributed by atoms with E-state index in [4.69, 9.17) is 15.0 Å². The van der Waals surface area contributed by atoms with Crippen LogP contribution in [0.4, 0.5) is 5.95 Å². The maximum absolute atomic E-state index is 12.2. The number of hydrogen-bond donors (Lipinski definition) is 2. The summed E-state index contributed by atoms with van der Waals surface area (Å²) in [5, 5.41) is 6.70. The Kier molecular flexibility index (Phi) is 5.22. The van der Waals surface area contributed by atoms with E-state index in [2.05, 4.69) is 25.4 Å². The van der Waals surface area contributed by atoms with E-state index in [1.807, 2.05) is 13.8 Å².